The molecule has 1 saturated heterocycles. The maximum atomic E-state index is 12.6. The van der Waals surface area contributed by atoms with Crippen LogP contribution in [0.2, 0.25) is 0 Å². The van der Waals surface area contributed by atoms with Gasteiger partial charge in [0.2, 0.25) is 5.91 Å². The van der Waals surface area contributed by atoms with Crippen molar-refractivity contribution in [3.8, 4) is 0 Å². The van der Waals surface area contributed by atoms with E-state index in [1.54, 1.807) is 10.9 Å². The highest BCUT2D eigenvalue weighted by atomic mass is 16.5. The third-order valence-corrected chi connectivity index (χ3v) is 5.25. The molecule has 2 heterocycles. The van der Waals surface area contributed by atoms with Crippen molar-refractivity contribution in [2.24, 2.45) is 0 Å². The normalized spacial score (nSPS) is 17.0. The van der Waals surface area contributed by atoms with Crippen LogP contribution in [0.3, 0.4) is 0 Å². The van der Waals surface area contributed by atoms with Crippen LogP contribution in [0.5, 0.6) is 0 Å². The molecule has 1 fully saturated rings. The monoisotopic (exact) mass is 375 g/mol. The van der Waals surface area contributed by atoms with E-state index in [1.165, 1.54) is 11.1 Å². The number of amides is 1. The Hall–Kier alpha value is -2.92. The fourth-order valence-electron chi connectivity index (χ4n) is 3.82. The van der Waals surface area contributed by atoms with E-state index in [4.69, 9.17) is 4.74 Å². The highest BCUT2D eigenvalue weighted by Gasteiger charge is 2.28. The maximum absolute atomic E-state index is 12.6. The zero-order valence-corrected chi connectivity index (χ0v) is 15.9. The molecular formula is C23H25N3O2. The van der Waals surface area contributed by atoms with Crippen molar-refractivity contribution < 1.29 is 9.53 Å². The minimum atomic E-state index is 0.0146. The highest BCUT2D eigenvalue weighted by Crippen LogP contribution is 2.30. The van der Waals surface area contributed by atoms with Crippen molar-refractivity contribution in [1.82, 2.24) is 14.7 Å². The van der Waals surface area contributed by atoms with Crippen LogP contribution in [-0.4, -0.2) is 46.4 Å². The van der Waals surface area contributed by atoms with E-state index in [-0.39, 0.29) is 24.5 Å². The van der Waals surface area contributed by atoms with Gasteiger partial charge >= 0.3 is 0 Å². The zero-order chi connectivity index (χ0) is 19.2. The lowest BCUT2D eigenvalue weighted by atomic mass is 9.86. The van der Waals surface area contributed by atoms with Gasteiger partial charge in [-0.05, 0) is 23.6 Å². The number of carbonyl (C=O) groups excluding carboxylic acids is 1. The predicted octanol–water partition coefficient (Wildman–Crippen LogP) is 3.33. The van der Waals surface area contributed by atoms with Gasteiger partial charge in [-0.25, -0.2) is 0 Å². The van der Waals surface area contributed by atoms with Crippen LogP contribution in [0.1, 0.15) is 23.5 Å². The molecule has 0 saturated carbocycles. The van der Waals surface area contributed by atoms with Gasteiger partial charge in [0.1, 0.15) is 6.54 Å². The number of rotatable bonds is 6. The molecule has 1 unspecified atom stereocenters. The van der Waals surface area contributed by atoms with Gasteiger partial charge in [0, 0.05) is 31.4 Å². The van der Waals surface area contributed by atoms with Gasteiger partial charge < -0.3 is 9.64 Å². The molecule has 0 radical (unpaired) electrons. The number of carbonyl (C=O) groups is 1. The molecule has 28 heavy (non-hydrogen) atoms. The van der Waals surface area contributed by atoms with Gasteiger partial charge in [-0.15, -0.1) is 0 Å². The number of ether oxygens (including phenoxy) is 1. The van der Waals surface area contributed by atoms with Crippen LogP contribution in [0, 0.1) is 0 Å². The van der Waals surface area contributed by atoms with E-state index < -0.39 is 0 Å². The van der Waals surface area contributed by atoms with Gasteiger partial charge in [0.15, 0.2) is 0 Å². The lowest BCUT2D eigenvalue weighted by Crippen LogP contribution is -2.47. The fraction of sp³-hybridized carbons (Fsp3) is 0.304. The first-order valence-corrected chi connectivity index (χ1v) is 9.76. The Balaban J connectivity index is 1.46. The van der Waals surface area contributed by atoms with Crippen molar-refractivity contribution in [2.45, 2.75) is 25.0 Å². The first-order valence-electron chi connectivity index (χ1n) is 9.76. The summed E-state index contributed by atoms with van der Waals surface area (Å²) in [5, 5.41) is 4.14. The van der Waals surface area contributed by atoms with Crippen molar-refractivity contribution in [3.05, 3.63) is 90.3 Å². The Morgan fingerprint density at radius 3 is 2.32 bits per heavy atom. The summed E-state index contributed by atoms with van der Waals surface area (Å²) in [5.41, 5.74) is 2.55. The number of aromatic nitrogens is 2. The summed E-state index contributed by atoms with van der Waals surface area (Å²) in [6, 6.07) is 22.9. The zero-order valence-electron chi connectivity index (χ0n) is 15.9. The number of hydrogen-bond donors (Lipinski definition) is 0. The second-order valence-corrected chi connectivity index (χ2v) is 7.15. The molecule has 0 bridgehead atoms. The summed E-state index contributed by atoms with van der Waals surface area (Å²) in [6.45, 7) is 2.11. The van der Waals surface area contributed by atoms with E-state index in [9.17, 15) is 4.79 Å². The maximum Gasteiger partial charge on any atom is 0.244 e. The molecule has 1 aromatic heterocycles. The minimum absolute atomic E-state index is 0.0146. The molecule has 5 nitrogen and oxygen atoms in total. The predicted molar refractivity (Wildman–Crippen MR) is 108 cm³/mol. The molecule has 1 aliphatic rings. The quantitative estimate of drug-likeness (QED) is 0.664. The summed E-state index contributed by atoms with van der Waals surface area (Å²) >= 11 is 0. The van der Waals surface area contributed by atoms with E-state index >= 15 is 0 Å². The van der Waals surface area contributed by atoms with Crippen LogP contribution in [-0.2, 0) is 16.1 Å². The molecule has 1 aliphatic heterocycles. The van der Waals surface area contributed by atoms with Crippen LogP contribution in [0.15, 0.2) is 79.1 Å². The van der Waals surface area contributed by atoms with Crippen molar-refractivity contribution >= 4 is 5.91 Å². The second kappa shape index (κ2) is 8.85. The average Bonchev–Trinajstić information content (AvgIpc) is 3.26. The van der Waals surface area contributed by atoms with Gasteiger partial charge in [0.05, 0.1) is 12.7 Å². The molecule has 1 atom stereocenters. The van der Waals surface area contributed by atoms with E-state index in [2.05, 4.69) is 53.6 Å². The third-order valence-electron chi connectivity index (χ3n) is 5.25. The molecule has 144 valence electrons. The molecular weight excluding hydrogens is 350 g/mol. The van der Waals surface area contributed by atoms with Crippen molar-refractivity contribution in [2.75, 3.05) is 19.7 Å². The van der Waals surface area contributed by atoms with Crippen molar-refractivity contribution in [1.29, 1.82) is 0 Å². The third kappa shape index (κ3) is 4.49. The average molecular weight is 375 g/mol. The Bertz CT molecular complexity index is 826. The van der Waals surface area contributed by atoms with Gasteiger partial charge in [-0.3, -0.25) is 9.48 Å². The second-order valence-electron chi connectivity index (χ2n) is 7.15. The Morgan fingerprint density at radius 2 is 1.71 bits per heavy atom. The minimum Gasteiger partial charge on any atom is -0.375 e. The first-order chi connectivity index (χ1) is 13.8. The molecule has 0 N–H and O–H groups in total. The number of morpholine rings is 1. The topological polar surface area (TPSA) is 47.4 Å². The summed E-state index contributed by atoms with van der Waals surface area (Å²) < 4.78 is 7.72. The Kier molecular flexibility index (Phi) is 5.83. The lowest BCUT2D eigenvalue weighted by Gasteiger charge is -2.35. The van der Waals surface area contributed by atoms with Crippen molar-refractivity contribution in [3.63, 3.8) is 0 Å². The van der Waals surface area contributed by atoms with E-state index in [0.29, 0.717) is 19.7 Å². The highest BCUT2D eigenvalue weighted by molar-refractivity contribution is 5.76. The van der Waals surface area contributed by atoms with Gasteiger partial charge in [-0.1, -0.05) is 60.7 Å². The van der Waals surface area contributed by atoms with Crippen LogP contribution < -0.4 is 0 Å². The Morgan fingerprint density at radius 1 is 1.04 bits per heavy atom. The van der Waals surface area contributed by atoms with Crippen LogP contribution in [0.25, 0.3) is 0 Å². The summed E-state index contributed by atoms with van der Waals surface area (Å²) in [7, 11) is 0. The molecule has 0 aliphatic carbocycles. The number of hydrogen-bond acceptors (Lipinski definition) is 3. The number of benzene rings is 2. The molecule has 1 amide bonds. The largest absolute Gasteiger partial charge is 0.375 e. The fourth-order valence-corrected chi connectivity index (χ4v) is 3.82. The molecule has 4 rings (SSSR count). The molecule has 2 aromatic carbocycles. The molecule has 5 heteroatoms. The van der Waals surface area contributed by atoms with Gasteiger partial charge in [-0.2, -0.15) is 5.10 Å². The van der Waals surface area contributed by atoms with E-state index in [1.807, 2.05) is 29.3 Å². The summed E-state index contributed by atoms with van der Waals surface area (Å²) in [5.74, 6) is 0.335. The van der Waals surface area contributed by atoms with Gasteiger partial charge in [0.25, 0.3) is 0 Å². The molecule has 3 aromatic rings. The Labute approximate surface area is 165 Å². The smallest absolute Gasteiger partial charge is 0.244 e. The lowest BCUT2D eigenvalue weighted by molar-refractivity contribution is -0.139. The first kappa shape index (κ1) is 18.4. The van der Waals surface area contributed by atoms with Crippen LogP contribution in [0.4, 0.5) is 0 Å². The number of nitrogens with zero attached hydrogens (tertiary/aromatic N) is 3. The SMILES string of the molecule is O=C(Cn1cccn1)N1CCOC(CC(c2ccccc2)c2ccccc2)C1. The summed E-state index contributed by atoms with van der Waals surface area (Å²) in [6.07, 6.45) is 4.37. The van der Waals surface area contributed by atoms with Crippen LogP contribution >= 0.6 is 0 Å². The standard InChI is InChI=1S/C23H25N3O2/c27-23(18-26-13-7-12-24-26)25-14-15-28-21(17-25)16-22(19-8-3-1-4-9-19)20-10-5-2-6-11-20/h1-13,21-22H,14-18H2. The van der Waals surface area contributed by atoms with E-state index in [0.717, 1.165) is 6.42 Å². The summed E-state index contributed by atoms with van der Waals surface area (Å²) in [4.78, 5) is 14.6. The molecule has 0 spiro atoms.